The van der Waals surface area contributed by atoms with Crippen molar-refractivity contribution in [3.8, 4) is 0 Å². The van der Waals surface area contributed by atoms with Crippen molar-refractivity contribution >= 4 is 17.5 Å². The Labute approximate surface area is 156 Å². The standard InChI is InChI=1S/C19H21FN4O3/c20-13-4-6-14(7-5-13)21-18(25)16-15-3-1-2-8-24(15)17(22-16)19(26)23-9-11-27-12-10-23/h4-7H,1-3,8-12H2,(H,21,25). The Morgan fingerprint density at radius 3 is 2.56 bits per heavy atom. The van der Waals surface area contributed by atoms with Crippen LogP contribution in [0, 0.1) is 5.82 Å². The number of hydrogen-bond donors (Lipinski definition) is 1. The number of hydrogen-bond acceptors (Lipinski definition) is 4. The summed E-state index contributed by atoms with van der Waals surface area (Å²) in [6, 6.07) is 5.56. The normalized spacial score (nSPS) is 16.7. The van der Waals surface area contributed by atoms with Crippen molar-refractivity contribution < 1.29 is 18.7 Å². The molecule has 1 saturated heterocycles. The third-order valence-corrected chi connectivity index (χ3v) is 4.92. The molecule has 1 aromatic heterocycles. The number of benzene rings is 1. The Morgan fingerprint density at radius 2 is 1.81 bits per heavy atom. The first-order chi connectivity index (χ1) is 13.1. The Morgan fingerprint density at radius 1 is 1.07 bits per heavy atom. The molecular weight excluding hydrogens is 351 g/mol. The minimum Gasteiger partial charge on any atom is -0.378 e. The quantitative estimate of drug-likeness (QED) is 0.895. The van der Waals surface area contributed by atoms with Gasteiger partial charge in [0.2, 0.25) is 0 Å². The number of morpholine rings is 1. The van der Waals surface area contributed by atoms with E-state index in [4.69, 9.17) is 4.74 Å². The highest BCUT2D eigenvalue weighted by Crippen LogP contribution is 2.23. The van der Waals surface area contributed by atoms with E-state index in [0.29, 0.717) is 50.8 Å². The van der Waals surface area contributed by atoms with Gasteiger partial charge in [-0.15, -0.1) is 0 Å². The molecule has 0 spiro atoms. The minimum atomic E-state index is -0.381. The number of ether oxygens (including phenoxy) is 1. The number of imidazole rings is 1. The maximum Gasteiger partial charge on any atom is 0.290 e. The lowest BCUT2D eigenvalue weighted by atomic mass is 10.1. The highest BCUT2D eigenvalue weighted by molar-refractivity contribution is 6.05. The first-order valence-corrected chi connectivity index (χ1v) is 9.17. The van der Waals surface area contributed by atoms with Crippen LogP contribution in [0.4, 0.5) is 10.1 Å². The SMILES string of the molecule is O=C(Nc1ccc(F)cc1)c1nc(C(=O)N2CCOCC2)n2c1CCCC2. The molecule has 0 bridgehead atoms. The average Bonchev–Trinajstić information content (AvgIpc) is 3.10. The number of anilines is 1. The van der Waals surface area contributed by atoms with E-state index in [0.717, 1.165) is 18.5 Å². The van der Waals surface area contributed by atoms with E-state index in [2.05, 4.69) is 10.3 Å². The molecule has 142 valence electrons. The Kier molecular flexibility index (Phi) is 4.89. The van der Waals surface area contributed by atoms with Crippen LogP contribution in [0.2, 0.25) is 0 Å². The highest BCUT2D eigenvalue weighted by atomic mass is 19.1. The minimum absolute atomic E-state index is 0.165. The molecule has 1 fully saturated rings. The van der Waals surface area contributed by atoms with Crippen molar-refractivity contribution in [2.75, 3.05) is 31.6 Å². The molecule has 3 heterocycles. The molecule has 0 aliphatic carbocycles. The van der Waals surface area contributed by atoms with Crippen molar-refractivity contribution in [1.29, 1.82) is 0 Å². The van der Waals surface area contributed by atoms with Crippen LogP contribution >= 0.6 is 0 Å². The van der Waals surface area contributed by atoms with Crippen LogP contribution in [-0.4, -0.2) is 52.6 Å². The van der Waals surface area contributed by atoms with E-state index in [9.17, 15) is 14.0 Å². The Balaban J connectivity index is 1.62. The van der Waals surface area contributed by atoms with Crippen LogP contribution < -0.4 is 5.32 Å². The van der Waals surface area contributed by atoms with Gasteiger partial charge in [-0.25, -0.2) is 9.37 Å². The van der Waals surface area contributed by atoms with Gasteiger partial charge < -0.3 is 19.5 Å². The van der Waals surface area contributed by atoms with Gasteiger partial charge in [-0.2, -0.15) is 0 Å². The lowest BCUT2D eigenvalue weighted by molar-refractivity contribution is 0.0291. The summed E-state index contributed by atoms with van der Waals surface area (Å²) in [5.41, 5.74) is 1.55. The highest BCUT2D eigenvalue weighted by Gasteiger charge is 2.30. The van der Waals surface area contributed by atoms with E-state index >= 15 is 0 Å². The molecule has 2 aliphatic rings. The van der Waals surface area contributed by atoms with Crippen LogP contribution in [0.5, 0.6) is 0 Å². The van der Waals surface area contributed by atoms with Crippen LogP contribution in [0.15, 0.2) is 24.3 Å². The lowest BCUT2D eigenvalue weighted by Crippen LogP contribution is -2.42. The summed E-state index contributed by atoms with van der Waals surface area (Å²) in [5, 5.41) is 2.74. The van der Waals surface area contributed by atoms with Gasteiger partial charge in [-0.3, -0.25) is 9.59 Å². The first kappa shape index (κ1) is 17.7. The van der Waals surface area contributed by atoms with Gasteiger partial charge in [0.25, 0.3) is 11.8 Å². The molecular formula is C19H21FN4O3. The van der Waals surface area contributed by atoms with Crippen molar-refractivity contribution in [2.24, 2.45) is 0 Å². The third-order valence-electron chi connectivity index (χ3n) is 4.92. The number of rotatable bonds is 3. The Bertz CT molecular complexity index is 857. The number of nitrogens with one attached hydrogen (secondary N) is 1. The van der Waals surface area contributed by atoms with Crippen LogP contribution in [-0.2, 0) is 17.7 Å². The number of carbonyl (C=O) groups excluding carboxylic acids is 2. The lowest BCUT2D eigenvalue weighted by Gasteiger charge is -2.27. The fraction of sp³-hybridized carbons (Fsp3) is 0.421. The molecule has 7 nitrogen and oxygen atoms in total. The number of nitrogens with zero attached hydrogens (tertiary/aromatic N) is 3. The molecule has 4 rings (SSSR count). The van der Waals surface area contributed by atoms with Gasteiger partial charge in [0.1, 0.15) is 5.82 Å². The summed E-state index contributed by atoms with van der Waals surface area (Å²) in [6.07, 6.45) is 2.61. The van der Waals surface area contributed by atoms with Crippen molar-refractivity contribution in [1.82, 2.24) is 14.5 Å². The molecule has 0 unspecified atom stereocenters. The number of halogens is 1. The van der Waals surface area contributed by atoms with Crippen molar-refractivity contribution in [2.45, 2.75) is 25.8 Å². The summed E-state index contributed by atoms with van der Waals surface area (Å²) < 4.78 is 20.2. The largest absolute Gasteiger partial charge is 0.378 e. The summed E-state index contributed by atoms with van der Waals surface area (Å²) in [7, 11) is 0. The zero-order valence-electron chi connectivity index (χ0n) is 14.9. The van der Waals surface area contributed by atoms with E-state index in [1.54, 1.807) is 4.90 Å². The second-order valence-corrected chi connectivity index (χ2v) is 6.71. The van der Waals surface area contributed by atoms with Gasteiger partial charge in [0.15, 0.2) is 11.5 Å². The molecule has 2 amide bonds. The predicted molar refractivity (Wildman–Crippen MR) is 96.2 cm³/mol. The van der Waals surface area contributed by atoms with Crippen molar-refractivity contribution in [3.63, 3.8) is 0 Å². The second kappa shape index (κ2) is 7.48. The second-order valence-electron chi connectivity index (χ2n) is 6.71. The predicted octanol–water partition coefficient (Wildman–Crippen LogP) is 2.08. The van der Waals surface area contributed by atoms with E-state index < -0.39 is 0 Å². The molecule has 0 radical (unpaired) electrons. The van der Waals surface area contributed by atoms with Crippen LogP contribution in [0.1, 0.15) is 39.6 Å². The zero-order valence-corrected chi connectivity index (χ0v) is 14.9. The average molecular weight is 372 g/mol. The number of amides is 2. The first-order valence-electron chi connectivity index (χ1n) is 9.17. The van der Waals surface area contributed by atoms with Crippen LogP contribution in [0.3, 0.4) is 0 Å². The molecule has 0 saturated carbocycles. The fourth-order valence-electron chi connectivity index (χ4n) is 3.52. The molecule has 0 atom stereocenters. The molecule has 1 aromatic carbocycles. The smallest absolute Gasteiger partial charge is 0.290 e. The topological polar surface area (TPSA) is 76.5 Å². The molecule has 2 aliphatic heterocycles. The van der Waals surface area contributed by atoms with Gasteiger partial charge in [-0.05, 0) is 43.5 Å². The third kappa shape index (κ3) is 3.57. The van der Waals surface area contributed by atoms with Crippen molar-refractivity contribution in [3.05, 3.63) is 47.3 Å². The number of carbonyl (C=O) groups is 2. The summed E-state index contributed by atoms with van der Waals surface area (Å²) in [4.78, 5) is 31.8. The fourth-order valence-corrected chi connectivity index (χ4v) is 3.52. The summed E-state index contributed by atoms with van der Waals surface area (Å²) in [6.45, 7) is 2.75. The monoisotopic (exact) mass is 372 g/mol. The van der Waals surface area contributed by atoms with Gasteiger partial charge in [-0.1, -0.05) is 0 Å². The van der Waals surface area contributed by atoms with Gasteiger partial charge >= 0.3 is 0 Å². The Hall–Kier alpha value is -2.74. The maximum atomic E-state index is 13.1. The molecule has 8 heteroatoms. The number of aromatic nitrogens is 2. The zero-order chi connectivity index (χ0) is 18.8. The molecule has 27 heavy (non-hydrogen) atoms. The maximum absolute atomic E-state index is 13.1. The van der Waals surface area contributed by atoms with E-state index in [1.807, 2.05) is 4.57 Å². The van der Waals surface area contributed by atoms with Gasteiger partial charge in [0, 0.05) is 25.3 Å². The summed E-state index contributed by atoms with van der Waals surface area (Å²) >= 11 is 0. The van der Waals surface area contributed by atoms with Crippen LogP contribution in [0.25, 0.3) is 0 Å². The van der Waals surface area contributed by atoms with E-state index in [-0.39, 0.29) is 23.3 Å². The van der Waals surface area contributed by atoms with E-state index in [1.165, 1.54) is 24.3 Å². The summed E-state index contributed by atoms with van der Waals surface area (Å²) in [5.74, 6) is -0.600. The molecule has 2 aromatic rings. The van der Waals surface area contributed by atoms with Gasteiger partial charge in [0.05, 0.1) is 18.9 Å². The molecule has 1 N–H and O–H groups in total. The number of fused-ring (bicyclic) bond motifs is 1.